The van der Waals surface area contributed by atoms with Crippen molar-refractivity contribution < 1.29 is 8.78 Å². The third-order valence-electron chi connectivity index (χ3n) is 2.20. The molecule has 2 aromatic rings. The number of thiocarbonyl (C=S) groups is 1. The second kappa shape index (κ2) is 5.01. The minimum atomic E-state index is -0.542. The topological polar surface area (TPSA) is 12.0 Å². The standard InChI is InChI=1S/C13H9F2NS/c14-9-6-7-12(15)11(8-9)13(17)16-10-4-2-1-3-5-10/h1-8H,(H,16,17). The highest BCUT2D eigenvalue weighted by Gasteiger charge is 2.09. The van der Waals surface area contributed by atoms with Gasteiger partial charge in [0.15, 0.2) is 0 Å². The second-order valence-corrected chi connectivity index (χ2v) is 3.85. The normalized spacial score (nSPS) is 10.0. The molecule has 0 aliphatic carbocycles. The van der Waals surface area contributed by atoms with Gasteiger partial charge in [-0.2, -0.15) is 0 Å². The first-order valence-electron chi connectivity index (χ1n) is 4.98. The van der Waals surface area contributed by atoms with Crippen LogP contribution in [0.4, 0.5) is 14.5 Å². The van der Waals surface area contributed by atoms with Crippen LogP contribution >= 0.6 is 12.2 Å². The molecule has 2 rings (SSSR count). The van der Waals surface area contributed by atoms with Gasteiger partial charge in [-0.05, 0) is 30.3 Å². The van der Waals surface area contributed by atoms with Crippen LogP contribution in [0.2, 0.25) is 0 Å². The summed E-state index contributed by atoms with van der Waals surface area (Å²) in [6.07, 6.45) is 0. The van der Waals surface area contributed by atoms with Crippen LogP contribution in [0.1, 0.15) is 5.56 Å². The Morgan fingerprint density at radius 1 is 1.00 bits per heavy atom. The van der Waals surface area contributed by atoms with Crippen LogP contribution in [0, 0.1) is 11.6 Å². The maximum absolute atomic E-state index is 13.4. The third kappa shape index (κ3) is 2.85. The van der Waals surface area contributed by atoms with Crippen molar-refractivity contribution in [1.82, 2.24) is 0 Å². The zero-order valence-electron chi connectivity index (χ0n) is 8.78. The predicted octanol–water partition coefficient (Wildman–Crippen LogP) is 3.75. The molecular formula is C13H9F2NS. The number of hydrogen-bond donors (Lipinski definition) is 1. The Labute approximate surface area is 103 Å². The van der Waals surface area contributed by atoms with Crippen molar-refractivity contribution >= 4 is 22.9 Å². The SMILES string of the molecule is Fc1ccc(F)c(C(=S)Nc2ccccc2)c1. The van der Waals surface area contributed by atoms with Gasteiger partial charge in [0.2, 0.25) is 0 Å². The first-order chi connectivity index (χ1) is 8.16. The Morgan fingerprint density at radius 3 is 2.41 bits per heavy atom. The maximum Gasteiger partial charge on any atom is 0.133 e. The second-order valence-electron chi connectivity index (χ2n) is 3.44. The smallest absolute Gasteiger partial charge is 0.133 e. The van der Waals surface area contributed by atoms with Crippen molar-refractivity contribution in [3.05, 3.63) is 65.7 Å². The molecule has 0 saturated carbocycles. The molecule has 0 bridgehead atoms. The highest BCUT2D eigenvalue weighted by Crippen LogP contribution is 2.14. The number of para-hydroxylation sites is 1. The van der Waals surface area contributed by atoms with E-state index in [1.807, 2.05) is 18.2 Å². The van der Waals surface area contributed by atoms with E-state index < -0.39 is 11.6 Å². The fourth-order valence-corrected chi connectivity index (χ4v) is 1.67. The zero-order valence-corrected chi connectivity index (χ0v) is 9.60. The molecule has 0 amide bonds. The van der Waals surface area contributed by atoms with Crippen molar-refractivity contribution in [1.29, 1.82) is 0 Å². The molecule has 17 heavy (non-hydrogen) atoms. The molecule has 0 atom stereocenters. The van der Waals surface area contributed by atoms with Gasteiger partial charge in [0, 0.05) is 11.3 Å². The lowest BCUT2D eigenvalue weighted by Gasteiger charge is -2.08. The summed E-state index contributed by atoms with van der Waals surface area (Å²) >= 11 is 5.03. The monoisotopic (exact) mass is 249 g/mol. The highest BCUT2D eigenvalue weighted by atomic mass is 32.1. The van der Waals surface area contributed by atoms with Crippen molar-refractivity contribution in [2.45, 2.75) is 0 Å². The van der Waals surface area contributed by atoms with Gasteiger partial charge in [-0.15, -0.1) is 0 Å². The van der Waals surface area contributed by atoms with Gasteiger partial charge in [-0.25, -0.2) is 8.78 Å². The molecule has 0 aliphatic rings. The lowest BCUT2D eigenvalue weighted by atomic mass is 10.2. The van der Waals surface area contributed by atoms with Gasteiger partial charge in [0.05, 0.1) is 0 Å². The maximum atomic E-state index is 13.4. The van der Waals surface area contributed by atoms with Gasteiger partial charge < -0.3 is 5.32 Å². The van der Waals surface area contributed by atoms with E-state index in [4.69, 9.17) is 12.2 Å². The van der Waals surface area contributed by atoms with E-state index in [-0.39, 0.29) is 10.6 Å². The molecule has 86 valence electrons. The first-order valence-corrected chi connectivity index (χ1v) is 5.39. The minimum Gasteiger partial charge on any atom is -0.346 e. The van der Waals surface area contributed by atoms with Crippen LogP contribution in [0.5, 0.6) is 0 Å². The number of benzene rings is 2. The molecule has 1 nitrogen and oxygen atoms in total. The van der Waals surface area contributed by atoms with E-state index in [9.17, 15) is 8.78 Å². The van der Waals surface area contributed by atoms with E-state index in [1.54, 1.807) is 12.1 Å². The van der Waals surface area contributed by atoms with Crippen LogP contribution in [-0.2, 0) is 0 Å². The van der Waals surface area contributed by atoms with E-state index in [1.165, 1.54) is 0 Å². The highest BCUT2D eigenvalue weighted by molar-refractivity contribution is 7.81. The Morgan fingerprint density at radius 2 is 1.71 bits per heavy atom. The molecule has 0 unspecified atom stereocenters. The van der Waals surface area contributed by atoms with Crippen LogP contribution in [0.15, 0.2) is 48.5 Å². The quantitative estimate of drug-likeness (QED) is 0.813. The van der Waals surface area contributed by atoms with E-state index in [2.05, 4.69) is 5.32 Å². The Kier molecular flexibility index (Phi) is 3.44. The summed E-state index contributed by atoms with van der Waals surface area (Å²) in [6, 6.07) is 12.3. The molecule has 4 heteroatoms. The number of nitrogens with one attached hydrogen (secondary N) is 1. The van der Waals surface area contributed by atoms with Crippen LogP contribution < -0.4 is 5.32 Å². The van der Waals surface area contributed by atoms with Crippen molar-refractivity contribution in [2.75, 3.05) is 5.32 Å². The molecule has 2 aromatic carbocycles. The lowest BCUT2D eigenvalue weighted by molar-refractivity contribution is 0.598. The molecule has 0 saturated heterocycles. The van der Waals surface area contributed by atoms with E-state index >= 15 is 0 Å². The van der Waals surface area contributed by atoms with Crippen molar-refractivity contribution in [2.24, 2.45) is 0 Å². The van der Waals surface area contributed by atoms with Gasteiger partial charge in [-0.3, -0.25) is 0 Å². The number of anilines is 1. The average Bonchev–Trinajstić information content (AvgIpc) is 2.33. The fraction of sp³-hybridized carbons (Fsp3) is 0. The molecule has 0 fully saturated rings. The van der Waals surface area contributed by atoms with Crippen LogP contribution in [0.3, 0.4) is 0 Å². The number of halogens is 2. The summed E-state index contributed by atoms with van der Waals surface area (Å²) in [6.45, 7) is 0. The first kappa shape index (κ1) is 11.7. The summed E-state index contributed by atoms with van der Waals surface area (Å²) in [5.41, 5.74) is 0.796. The molecule has 0 aliphatic heterocycles. The molecule has 0 radical (unpaired) electrons. The van der Waals surface area contributed by atoms with Gasteiger partial charge in [0.25, 0.3) is 0 Å². The minimum absolute atomic E-state index is 0.0591. The molecular weight excluding hydrogens is 240 g/mol. The molecule has 0 spiro atoms. The predicted molar refractivity (Wildman–Crippen MR) is 68.1 cm³/mol. The summed E-state index contributed by atoms with van der Waals surface area (Å²) < 4.78 is 26.4. The summed E-state index contributed by atoms with van der Waals surface area (Å²) in [5.74, 6) is -1.06. The Balaban J connectivity index is 2.23. The lowest BCUT2D eigenvalue weighted by Crippen LogP contribution is -2.12. The summed E-state index contributed by atoms with van der Waals surface area (Å²) in [4.78, 5) is 0.160. The van der Waals surface area contributed by atoms with Gasteiger partial charge >= 0.3 is 0 Å². The summed E-state index contributed by atoms with van der Waals surface area (Å²) in [5, 5.41) is 2.85. The number of rotatable bonds is 2. The molecule has 0 heterocycles. The fourth-order valence-electron chi connectivity index (χ4n) is 1.39. The van der Waals surface area contributed by atoms with Gasteiger partial charge in [0.1, 0.15) is 16.6 Å². The van der Waals surface area contributed by atoms with E-state index in [0.29, 0.717) is 0 Å². The Hall–Kier alpha value is -1.81. The largest absolute Gasteiger partial charge is 0.346 e. The van der Waals surface area contributed by atoms with Crippen LogP contribution in [0.25, 0.3) is 0 Å². The number of hydrogen-bond acceptors (Lipinski definition) is 1. The van der Waals surface area contributed by atoms with Crippen molar-refractivity contribution in [3.63, 3.8) is 0 Å². The van der Waals surface area contributed by atoms with Crippen LogP contribution in [-0.4, -0.2) is 4.99 Å². The molecule has 1 N–H and O–H groups in total. The van der Waals surface area contributed by atoms with Crippen molar-refractivity contribution in [3.8, 4) is 0 Å². The zero-order chi connectivity index (χ0) is 12.3. The van der Waals surface area contributed by atoms with E-state index in [0.717, 1.165) is 23.9 Å². The Bertz CT molecular complexity index is 540. The summed E-state index contributed by atoms with van der Waals surface area (Å²) in [7, 11) is 0. The molecule has 0 aromatic heterocycles. The third-order valence-corrected chi connectivity index (χ3v) is 2.53. The van der Waals surface area contributed by atoms with Gasteiger partial charge in [-0.1, -0.05) is 30.4 Å². The average molecular weight is 249 g/mol.